The van der Waals surface area contributed by atoms with E-state index in [2.05, 4.69) is 0 Å². The molecule has 34 heavy (non-hydrogen) atoms. The first kappa shape index (κ1) is 23.8. The maximum absolute atomic E-state index is 15.0. The number of esters is 1. The first-order chi connectivity index (χ1) is 16.4. The van der Waals surface area contributed by atoms with Gasteiger partial charge >= 0.3 is 5.97 Å². The van der Waals surface area contributed by atoms with Crippen LogP contribution in [0.2, 0.25) is 0 Å². The van der Waals surface area contributed by atoms with Gasteiger partial charge in [-0.25, -0.2) is 13.2 Å². The molecule has 178 valence electrons. The molecule has 7 heteroatoms. The van der Waals surface area contributed by atoms with Gasteiger partial charge in [-0.15, -0.1) is 0 Å². The van der Waals surface area contributed by atoms with E-state index in [1.54, 1.807) is 36.4 Å². The molecule has 0 bridgehead atoms. The SMILES string of the molecule is COc1ccc(OC(=O)C2CCC(c3ccc(-c4ccc(CO)cc4)c(F)c3F)CC2)c(F)c1. The van der Waals surface area contributed by atoms with Crippen LogP contribution in [0.15, 0.2) is 54.6 Å². The molecule has 4 rings (SSSR count). The Balaban J connectivity index is 1.41. The van der Waals surface area contributed by atoms with Crippen molar-refractivity contribution in [1.82, 2.24) is 0 Å². The molecule has 1 N–H and O–H groups in total. The van der Waals surface area contributed by atoms with Crippen LogP contribution in [0, 0.1) is 23.4 Å². The largest absolute Gasteiger partial charge is 0.497 e. The third kappa shape index (κ3) is 4.94. The third-order valence-corrected chi connectivity index (χ3v) is 6.41. The lowest BCUT2D eigenvalue weighted by Crippen LogP contribution is -2.25. The fourth-order valence-electron chi connectivity index (χ4n) is 4.42. The molecule has 0 radical (unpaired) electrons. The topological polar surface area (TPSA) is 55.8 Å². The van der Waals surface area contributed by atoms with Gasteiger partial charge in [-0.3, -0.25) is 4.79 Å². The van der Waals surface area contributed by atoms with E-state index in [0.29, 0.717) is 48.1 Å². The summed E-state index contributed by atoms with van der Waals surface area (Å²) in [6.07, 6.45) is 1.86. The van der Waals surface area contributed by atoms with Crippen molar-refractivity contribution in [3.05, 3.63) is 83.2 Å². The van der Waals surface area contributed by atoms with Crippen LogP contribution in [-0.4, -0.2) is 18.2 Å². The molecule has 0 unspecified atom stereocenters. The fourth-order valence-corrected chi connectivity index (χ4v) is 4.42. The van der Waals surface area contributed by atoms with Gasteiger partial charge in [0.2, 0.25) is 0 Å². The molecular formula is C27H25F3O4. The number of carbonyl (C=O) groups is 1. The Kier molecular flexibility index (Phi) is 7.22. The van der Waals surface area contributed by atoms with Crippen molar-refractivity contribution in [2.75, 3.05) is 7.11 Å². The lowest BCUT2D eigenvalue weighted by molar-refractivity contribution is -0.140. The molecule has 0 aromatic heterocycles. The molecule has 0 heterocycles. The third-order valence-electron chi connectivity index (χ3n) is 6.41. The van der Waals surface area contributed by atoms with Gasteiger partial charge < -0.3 is 14.6 Å². The molecule has 4 nitrogen and oxygen atoms in total. The Labute approximate surface area is 196 Å². The quantitative estimate of drug-likeness (QED) is 0.347. The molecule has 3 aromatic rings. The van der Waals surface area contributed by atoms with Crippen LogP contribution >= 0.6 is 0 Å². The minimum Gasteiger partial charge on any atom is -0.497 e. The van der Waals surface area contributed by atoms with E-state index in [-0.39, 0.29) is 23.8 Å². The van der Waals surface area contributed by atoms with Crippen LogP contribution in [0.3, 0.4) is 0 Å². The van der Waals surface area contributed by atoms with Crippen LogP contribution in [0.1, 0.15) is 42.7 Å². The highest BCUT2D eigenvalue weighted by Gasteiger charge is 2.31. The normalized spacial score (nSPS) is 17.9. The van der Waals surface area contributed by atoms with Gasteiger partial charge in [0.1, 0.15) is 5.75 Å². The summed E-state index contributed by atoms with van der Waals surface area (Å²) in [5, 5.41) is 9.15. The van der Waals surface area contributed by atoms with E-state index in [1.807, 2.05) is 0 Å². The highest BCUT2D eigenvalue weighted by atomic mass is 19.2. The zero-order valence-electron chi connectivity index (χ0n) is 18.7. The first-order valence-corrected chi connectivity index (χ1v) is 11.1. The zero-order chi connectivity index (χ0) is 24.2. The lowest BCUT2D eigenvalue weighted by Gasteiger charge is -2.28. The van der Waals surface area contributed by atoms with E-state index >= 15 is 0 Å². The van der Waals surface area contributed by atoms with Gasteiger partial charge in [0.25, 0.3) is 0 Å². The van der Waals surface area contributed by atoms with Crippen LogP contribution in [0.25, 0.3) is 11.1 Å². The molecule has 0 amide bonds. The molecule has 0 aliphatic heterocycles. The van der Waals surface area contributed by atoms with Gasteiger partial charge in [-0.1, -0.05) is 36.4 Å². The summed E-state index contributed by atoms with van der Waals surface area (Å²) in [6.45, 7) is -0.124. The predicted octanol–water partition coefficient (Wildman–Crippen LogP) is 6.15. The molecular weight excluding hydrogens is 445 g/mol. The smallest absolute Gasteiger partial charge is 0.314 e. The minimum absolute atomic E-state index is 0.124. The van der Waals surface area contributed by atoms with Gasteiger partial charge in [-0.05, 0) is 60.4 Å². The number of rotatable bonds is 6. The standard InChI is InChI=1S/C27H25F3O4/c1-33-20-10-13-24(23(28)14-20)34-27(32)19-8-6-18(7-9-19)22-12-11-21(25(29)26(22)30)17-4-2-16(15-31)3-5-17/h2-5,10-14,18-19,31H,6-9,15H2,1H3. The maximum Gasteiger partial charge on any atom is 0.314 e. The number of aliphatic hydroxyl groups excluding tert-OH is 1. The van der Waals surface area contributed by atoms with Crippen LogP contribution in [0.5, 0.6) is 11.5 Å². The number of aliphatic hydroxyl groups is 1. The number of halogens is 3. The summed E-state index contributed by atoms with van der Waals surface area (Å²) in [5.74, 6) is -3.51. The van der Waals surface area contributed by atoms with Gasteiger partial charge in [0.15, 0.2) is 23.2 Å². The van der Waals surface area contributed by atoms with E-state index < -0.39 is 29.3 Å². The number of benzene rings is 3. The number of methoxy groups -OCH3 is 1. The lowest BCUT2D eigenvalue weighted by atomic mass is 9.78. The molecule has 1 aliphatic carbocycles. The molecule has 1 saturated carbocycles. The first-order valence-electron chi connectivity index (χ1n) is 11.1. The summed E-state index contributed by atoms with van der Waals surface area (Å²) in [7, 11) is 1.41. The van der Waals surface area contributed by atoms with Crippen molar-refractivity contribution < 1.29 is 32.5 Å². The monoisotopic (exact) mass is 470 g/mol. The van der Waals surface area contributed by atoms with E-state index in [1.165, 1.54) is 19.2 Å². The minimum atomic E-state index is -0.911. The summed E-state index contributed by atoms with van der Waals surface area (Å²) in [5.41, 5.74) is 1.66. The Morgan fingerprint density at radius 2 is 1.65 bits per heavy atom. The Hall–Kier alpha value is -3.32. The zero-order valence-corrected chi connectivity index (χ0v) is 18.7. The second-order valence-electron chi connectivity index (χ2n) is 8.45. The van der Waals surface area contributed by atoms with E-state index in [0.717, 1.165) is 6.07 Å². The molecule has 1 fully saturated rings. The fraction of sp³-hybridized carbons (Fsp3) is 0.296. The van der Waals surface area contributed by atoms with Crippen LogP contribution < -0.4 is 9.47 Å². The average Bonchev–Trinajstić information content (AvgIpc) is 2.87. The van der Waals surface area contributed by atoms with Gasteiger partial charge in [0.05, 0.1) is 19.6 Å². The highest BCUT2D eigenvalue weighted by Crippen LogP contribution is 2.39. The maximum atomic E-state index is 15.0. The van der Waals surface area contributed by atoms with E-state index in [9.17, 15) is 18.0 Å². The Morgan fingerprint density at radius 1 is 0.941 bits per heavy atom. The second-order valence-corrected chi connectivity index (χ2v) is 8.45. The van der Waals surface area contributed by atoms with E-state index in [4.69, 9.17) is 14.6 Å². The number of hydrogen-bond acceptors (Lipinski definition) is 4. The molecule has 0 saturated heterocycles. The van der Waals surface area contributed by atoms with Crippen molar-refractivity contribution in [1.29, 1.82) is 0 Å². The van der Waals surface area contributed by atoms with Crippen molar-refractivity contribution in [2.24, 2.45) is 5.92 Å². The number of ether oxygens (including phenoxy) is 2. The van der Waals surface area contributed by atoms with Crippen molar-refractivity contribution in [3.8, 4) is 22.6 Å². The van der Waals surface area contributed by atoms with Crippen molar-refractivity contribution in [2.45, 2.75) is 38.2 Å². The summed E-state index contributed by atoms with van der Waals surface area (Å²) >= 11 is 0. The van der Waals surface area contributed by atoms with Crippen molar-refractivity contribution >= 4 is 5.97 Å². The summed E-state index contributed by atoms with van der Waals surface area (Å²) in [6, 6.07) is 13.8. The Morgan fingerprint density at radius 3 is 2.26 bits per heavy atom. The summed E-state index contributed by atoms with van der Waals surface area (Å²) in [4.78, 5) is 12.5. The summed E-state index contributed by atoms with van der Waals surface area (Å²) < 4.78 is 54.1. The Bertz CT molecular complexity index is 1170. The molecule has 0 spiro atoms. The van der Waals surface area contributed by atoms with Crippen molar-refractivity contribution in [3.63, 3.8) is 0 Å². The predicted molar refractivity (Wildman–Crippen MR) is 121 cm³/mol. The van der Waals surface area contributed by atoms with Crippen LogP contribution in [0.4, 0.5) is 13.2 Å². The number of carbonyl (C=O) groups excluding carboxylic acids is 1. The molecule has 0 atom stereocenters. The second kappa shape index (κ2) is 10.3. The van der Waals surface area contributed by atoms with Gasteiger partial charge in [-0.2, -0.15) is 0 Å². The average molecular weight is 470 g/mol. The molecule has 1 aliphatic rings. The van der Waals surface area contributed by atoms with Crippen LogP contribution in [-0.2, 0) is 11.4 Å². The van der Waals surface area contributed by atoms with Gasteiger partial charge in [0, 0.05) is 11.6 Å². The number of hydrogen-bond donors (Lipinski definition) is 1. The molecule has 3 aromatic carbocycles. The highest BCUT2D eigenvalue weighted by molar-refractivity contribution is 5.75.